The van der Waals surface area contributed by atoms with Crippen molar-refractivity contribution in [3.8, 4) is 0 Å². The van der Waals surface area contributed by atoms with Gasteiger partial charge in [0.2, 0.25) is 0 Å². The Morgan fingerprint density at radius 1 is 1.44 bits per heavy atom. The number of nitrogens with zero attached hydrogens (tertiary/aromatic N) is 3. The van der Waals surface area contributed by atoms with Crippen molar-refractivity contribution in [2.75, 3.05) is 23.3 Å². The number of rotatable bonds is 6. The van der Waals surface area contributed by atoms with E-state index in [4.69, 9.17) is 5.11 Å². The van der Waals surface area contributed by atoms with Gasteiger partial charge in [-0.2, -0.15) is 0 Å². The third-order valence-electron chi connectivity index (χ3n) is 2.65. The number of aromatic nitrogens is 2. The second-order valence-electron chi connectivity index (χ2n) is 4.04. The number of anilines is 2. The number of carboxylic acids is 1. The molecule has 1 aromatic rings. The predicted molar refractivity (Wildman–Crippen MR) is 71.1 cm³/mol. The van der Waals surface area contributed by atoms with Gasteiger partial charge in [0.15, 0.2) is 0 Å². The molecule has 18 heavy (non-hydrogen) atoms. The van der Waals surface area contributed by atoms with Crippen molar-refractivity contribution >= 4 is 17.6 Å². The van der Waals surface area contributed by atoms with Gasteiger partial charge in [-0.3, -0.25) is 4.79 Å². The summed E-state index contributed by atoms with van der Waals surface area (Å²) in [6.45, 7) is 9.17. The topological polar surface area (TPSA) is 78.4 Å². The summed E-state index contributed by atoms with van der Waals surface area (Å²) >= 11 is 0. The van der Waals surface area contributed by atoms with Gasteiger partial charge in [-0.15, -0.1) is 0 Å². The molecular weight excluding hydrogens is 232 g/mol. The van der Waals surface area contributed by atoms with Crippen molar-refractivity contribution in [1.29, 1.82) is 0 Å². The normalized spacial score (nSPS) is 12.0. The molecule has 0 saturated heterocycles. The van der Waals surface area contributed by atoms with Crippen LogP contribution in [0.25, 0.3) is 0 Å². The van der Waals surface area contributed by atoms with Crippen LogP contribution >= 0.6 is 0 Å². The molecule has 1 rings (SSSR count). The summed E-state index contributed by atoms with van der Waals surface area (Å²) in [5.41, 5.74) is 0. The van der Waals surface area contributed by atoms with Crippen LogP contribution in [0, 0.1) is 6.92 Å². The molecule has 100 valence electrons. The van der Waals surface area contributed by atoms with Crippen LogP contribution in [0.4, 0.5) is 11.6 Å². The first-order chi connectivity index (χ1) is 8.47. The van der Waals surface area contributed by atoms with E-state index < -0.39 is 12.0 Å². The lowest BCUT2D eigenvalue weighted by atomic mass is 10.3. The molecule has 0 aromatic carbocycles. The van der Waals surface area contributed by atoms with Crippen molar-refractivity contribution in [2.45, 2.75) is 33.7 Å². The zero-order valence-electron chi connectivity index (χ0n) is 11.3. The van der Waals surface area contributed by atoms with Gasteiger partial charge in [0.25, 0.3) is 0 Å². The molecule has 1 atom stereocenters. The summed E-state index contributed by atoms with van der Waals surface area (Å²) in [7, 11) is 0. The summed E-state index contributed by atoms with van der Waals surface area (Å²) < 4.78 is 0. The first-order valence-corrected chi connectivity index (χ1v) is 6.07. The van der Waals surface area contributed by atoms with Gasteiger partial charge < -0.3 is 15.3 Å². The molecule has 6 nitrogen and oxygen atoms in total. The van der Waals surface area contributed by atoms with E-state index in [2.05, 4.69) is 20.2 Å². The van der Waals surface area contributed by atoms with Crippen molar-refractivity contribution in [1.82, 2.24) is 9.97 Å². The lowest BCUT2D eigenvalue weighted by Gasteiger charge is -2.21. The van der Waals surface area contributed by atoms with Gasteiger partial charge in [0.1, 0.15) is 23.5 Å². The maximum Gasteiger partial charge on any atom is 0.325 e. The Bertz CT molecular complexity index is 419. The zero-order chi connectivity index (χ0) is 13.7. The van der Waals surface area contributed by atoms with E-state index in [1.165, 1.54) is 0 Å². The second-order valence-corrected chi connectivity index (χ2v) is 4.04. The van der Waals surface area contributed by atoms with Gasteiger partial charge in [0, 0.05) is 19.2 Å². The maximum atomic E-state index is 10.8. The van der Waals surface area contributed by atoms with E-state index in [1.54, 1.807) is 19.9 Å². The zero-order valence-corrected chi connectivity index (χ0v) is 11.3. The first-order valence-electron chi connectivity index (χ1n) is 6.07. The van der Waals surface area contributed by atoms with Crippen molar-refractivity contribution in [3.63, 3.8) is 0 Å². The molecule has 6 heteroatoms. The minimum absolute atomic E-state index is 0.541. The number of hydrogen-bond acceptors (Lipinski definition) is 5. The van der Waals surface area contributed by atoms with Crippen LogP contribution in [0.5, 0.6) is 0 Å². The molecule has 0 aliphatic rings. The molecule has 0 amide bonds. The lowest BCUT2D eigenvalue weighted by Crippen LogP contribution is -2.27. The SMILES string of the molecule is CCN(CC)c1cc(NC(C)C(=O)O)nc(C)n1. The second kappa shape index (κ2) is 6.18. The Morgan fingerprint density at radius 2 is 2.06 bits per heavy atom. The fraction of sp³-hybridized carbons (Fsp3) is 0.583. The highest BCUT2D eigenvalue weighted by Gasteiger charge is 2.13. The van der Waals surface area contributed by atoms with E-state index >= 15 is 0 Å². The highest BCUT2D eigenvalue weighted by atomic mass is 16.4. The first kappa shape index (κ1) is 14.2. The molecule has 0 spiro atoms. The summed E-state index contributed by atoms with van der Waals surface area (Å²) in [6, 6.07) is 1.10. The average Bonchev–Trinajstić information content (AvgIpc) is 2.29. The molecule has 1 unspecified atom stereocenters. The van der Waals surface area contributed by atoms with Crippen LogP contribution in [0.1, 0.15) is 26.6 Å². The fourth-order valence-corrected chi connectivity index (χ4v) is 1.62. The number of hydrogen-bond donors (Lipinski definition) is 2. The van der Waals surface area contributed by atoms with Gasteiger partial charge in [-0.05, 0) is 27.7 Å². The lowest BCUT2D eigenvalue weighted by molar-refractivity contribution is -0.137. The van der Waals surface area contributed by atoms with Gasteiger partial charge in [-0.1, -0.05) is 0 Å². The van der Waals surface area contributed by atoms with Crippen LogP contribution in [-0.4, -0.2) is 40.2 Å². The molecule has 0 saturated carbocycles. The molecule has 0 bridgehead atoms. The Kier molecular flexibility index (Phi) is 4.88. The molecule has 1 heterocycles. The molecule has 0 aliphatic heterocycles. The van der Waals surface area contributed by atoms with E-state index in [9.17, 15) is 4.79 Å². The van der Waals surface area contributed by atoms with Crippen molar-refractivity contribution < 1.29 is 9.90 Å². The molecule has 1 aromatic heterocycles. The molecule has 0 radical (unpaired) electrons. The van der Waals surface area contributed by atoms with Crippen LogP contribution in [0.3, 0.4) is 0 Å². The third kappa shape index (κ3) is 3.58. The number of carbonyl (C=O) groups is 1. The highest BCUT2D eigenvalue weighted by molar-refractivity contribution is 5.76. The van der Waals surface area contributed by atoms with Crippen molar-refractivity contribution in [3.05, 3.63) is 11.9 Å². The maximum absolute atomic E-state index is 10.8. The summed E-state index contributed by atoms with van der Waals surface area (Å²) in [5, 5.41) is 11.7. The van der Waals surface area contributed by atoms with Crippen LogP contribution in [0.2, 0.25) is 0 Å². The quantitative estimate of drug-likeness (QED) is 0.799. The molecule has 0 aliphatic carbocycles. The number of nitrogens with one attached hydrogen (secondary N) is 1. The largest absolute Gasteiger partial charge is 0.480 e. The average molecular weight is 252 g/mol. The molecule has 2 N–H and O–H groups in total. The van der Waals surface area contributed by atoms with Crippen LogP contribution < -0.4 is 10.2 Å². The van der Waals surface area contributed by atoms with Crippen LogP contribution in [0.15, 0.2) is 6.07 Å². The number of aliphatic carboxylic acids is 1. The number of aryl methyl sites for hydroxylation is 1. The number of carboxylic acid groups (broad SMARTS) is 1. The van der Waals surface area contributed by atoms with Gasteiger partial charge in [-0.25, -0.2) is 9.97 Å². The minimum atomic E-state index is -0.907. The predicted octanol–water partition coefficient (Wildman–Crippen LogP) is 1.52. The van der Waals surface area contributed by atoms with Crippen molar-refractivity contribution in [2.24, 2.45) is 0 Å². The Balaban J connectivity index is 2.96. The van der Waals surface area contributed by atoms with Crippen LogP contribution in [-0.2, 0) is 4.79 Å². The minimum Gasteiger partial charge on any atom is -0.480 e. The monoisotopic (exact) mass is 252 g/mol. The van der Waals surface area contributed by atoms with E-state index in [0.29, 0.717) is 11.6 Å². The Labute approximate surface area is 107 Å². The van der Waals surface area contributed by atoms with E-state index in [0.717, 1.165) is 18.9 Å². The van der Waals surface area contributed by atoms with E-state index in [1.807, 2.05) is 13.8 Å². The summed E-state index contributed by atoms with van der Waals surface area (Å²) in [4.78, 5) is 21.4. The standard InChI is InChI=1S/C12H20N4O2/c1-5-16(6-2)11-7-10(14-9(4)15-11)13-8(3)12(17)18/h7-8H,5-6H2,1-4H3,(H,17,18)(H,13,14,15). The molecule has 0 fully saturated rings. The summed E-state index contributed by atoms with van der Waals surface area (Å²) in [6.07, 6.45) is 0. The third-order valence-corrected chi connectivity index (χ3v) is 2.65. The molecular formula is C12H20N4O2. The fourth-order valence-electron chi connectivity index (χ4n) is 1.62. The van der Waals surface area contributed by atoms with Gasteiger partial charge >= 0.3 is 5.97 Å². The Hall–Kier alpha value is -1.85. The van der Waals surface area contributed by atoms with Gasteiger partial charge in [0.05, 0.1) is 0 Å². The van der Waals surface area contributed by atoms with E-state index in [-0.39, 0.29) is 0 Å². The smallest absolute Gasteiger partial charge is 0.325 e. The Morgan fingerprint density at radius 3 is 2.56 bits per heavy atom. The highest BCUT2D eigenvalue weighted by Crippen LogP contribution is 2.16. The summed E-state index contributed by atoms with van der Waals surface area (Å²) in [5.74, 6) is 1.07.